The Balaban J connectivity index is 1.29. The maximum atomic E-state index is 13.2. The van der Waals surface area contributed by atoms with Crippen molar-refractivity contribution in [3.05, 3.63) is 71.0 Å². The van der Waals surface area contributed by atoms with Crippen molar-refractivity contribution < 1.29 is 23.5 Å². The number of halogens is 1. The lowest BCUT2D eigenvalue weighted by molar-refractivity contribution is -0.137. The molecule has 186 valence electrons. The molecule has 0 radical (unpaired) electrons. The number of rotatable bonds is 9. The van der Waals surface area contributed by atoms with Gasteiger partial charge in [-0.05, 0) is 61.4 Å². The monoisotopic (exact) mass is 481 g/mol. The number of carbonyl (C=O) groups is 3. The number of carbonyl (C=O) groups excluding carboxylic acids is 3. The van der Waals surface area contributed by atoms with E-state index >= 15 is 0 Å². The summed E-state index contributed by atoms with van der Waals surface area (Å²) in [5, 5.41) is 5.53. The second-order valence-electron chi connectivity index (χ2n) is 9.33. The van der Waals surface area contributed by atoms with Gasteiger partial charge in [-0.25, -0.2) is 4.39 Å². The van der Waals surface area contributed by atoms with Gasteiger partial charge >= 0.3 is 0 Å². The molecule has 3 amide bonds. The molecule has 0 bridgehead atoms. The topological polar surface area (TPSA) is 87.7 Å². The lowest BCUT2D eigenvalue weighted by atomic mass is 10.1. The minimum absolute atomic E-state index is 0.00594. The highest BCUT2D eigenvalue weighted by Crippen LogP contribution is 2.50. The first-order valence-electron chi connectivity index (χ1n) is 12.2. The van der Waals surface area contributed by atoms with Crippen LogP contribution in [-0.2, 0) is 14.3 Å². The Bertz CT molecular complexity index is 1040. The van der Waals surface area contributed by atoms with Gasteiger partial charge in [0.1, 0.15) is 11.9 Å². The third-order valence-corrected chi connectivity index (χ3v) is 6.71. The van der Waals surface area contributed by atoms with E-state index in [0.29, 0.717) is 44.6 Å². The summed E-state index contributed by atoms with van der Waals surface area (Å²) in [6.45, 7) is 3.78. The number of aryl methyl sites for hydroxylation is 1. The van der Waals surface area contributed by atoms with E-state index in [4.69, 9.17) is 4.74 Å². The number of nitrogens with zero attached hydrogens (tertiary/aromatic N) is 1. The summed E-state index contributed by atoms with van der Waals surface area (Å²) in [6.07, 6.45) is 2.24. The van der Waals surface area contributed by atoms with Crippen LogP contribution in [0.4, 0.5) is 4.39 Å². The van der Waals surface area contributed by atoms with Gasteiger partial charge in [-0.15, -0.1) is 0 Å². The fourth-order valence-electron chi connectivity index (χ4n) is 4.46. The number of hydrogen-bond donors (Lipinski definition) is 2. The molecule has 0 spiro atoms. The number of morpholine rings is 1. The molecule has 2 aromatic rings. The minimum Gasteiger partial charge on any atom is -0.378 e. The number of ether oxygens (including phenoxy) is 1. The van der Waals surface area contributed by atoms with E-state index < -0.39 is 17.8 Å². The van der Waals surface area contributed by atoms with Crippen LogP contribution in [0.3, 0.4) is 0 Å². The zero-order valence-electron chi connectivity index (χ0n) is 20.0. The summed E-state index contributed by atoms with van der Waals surface area (Å²) < 4.78 is 18.5. The molecule has 1 saturated carbocycles. The molecule has 1 aliphatic heterocycles. The molecule has 35 heavy (non-hydrogen) atoms. The predicted octanol–water partition coefficient (Wildman–Crippen LogP) is 2.79. The Morgan fingerprint density at radius 1 is 1.06 bits per heavy atom. The quantitative estimate of drug-likeness (QED) is 0.577. The van der Waals surface area contributed by atoms with Crippen molar-refractivity contribution >= 4 is 17.7 Å². The van der Waals surface area contributed by atoms with E-state index in [9.17, 15) is 18.8 Å². The molecule has 2 aliphatic rings. The molecule has 0 unspecified atom stereocenters. The molecular formula is C27H32FN3O4. The fourth-order valence-corrected chi connectivity index (χ4v) is 4.46. The Morgan fingerprint density at radius 3 is 2.43 bits per heavy atom. The lowest BCUT2D eigenvalue weighted by Crippen LogP contribution is -2.55. The van der Waals surface area contributed by atoms with Gasteiger partial charge in [-0.2, -0.15) is 0 Å². The molecule has 2 N–H and O–H groups in total. The molecule has 0 aromatic heterocycles. The molecule has 3 atom stereocenters. The lowest BCUT2D eigenvalue weighted by Gasteiger charge is -2.30. The molecule has 2 aromatic carbocycles. The summed E-state index contributed by atoms with van der Waals surface area (Å²) in [5.41, 5.74) is 2.80. The average Bonchev–Trinajstić information content (AvgIpc) is 3.66. The van der Waals surface area contributed by atoms with E-state index in [-0.39, 0.29) is 23.9 Å². The third-order valence-electron chi connectivity index (χ3n) is 6.71. The minimum atomic E-state index is -0.921. The first-order valence-corrected chi connectivity index (χ1v) is 12.2. The molecule has 2 fully saturated rings. The van der Waals surface area contributed by atoms with Crippen molar-refractivity contribution in [2.75, 3.05) is 32.8 Å². The summed E-state index contributed by atoms with van der Waals surface area (Å²) >= 11 is 0. The van der Waals surface area contributed by atoms with Crippen LogP contribution in [0.1, 0.15) is 46.7 Å². The van der Waals surface area contributed by atoms with Crippen LogP contribution in [0.2, 0.25) is 0 Å². The number of benzene rings is 2. The Hall–Kier alpha value is -3.26. The van der Waals surface area contributed by atoms with Crippen LogP contribution in [0.25, 0.3) is 0 Å². The van der Waals surface area contributed by atoms with Crippen molar-refractivity contribution in [3.8, 4) is 0 Å². The summed E-state index contributed by atoms with van der Waals surface area (Å²) in [7, 11) is 0. The van der Waals surface area contributed by atoms with E-state index in [0.717, 1.165) is 12.8 Å². The van der Waals surface area contributed by atoms with Crippen molar-refractivity contribution in [2.45, 2.75) is 38.1 Å². The molecule has 7 nitrogen and oxygen atoms in total. The van der Waals surface area contributed by atoms with Gasteiger partial charge in [-0.1, -0.05) is 29.8 Å². The first kappa shape index (κ1) is 24.9. The Morgan fingerprint density at radius 2 is 1.74 bits per heavy atom. The molecule has 1 aliphatic carbocycles. The van der Waals surface area contributed by atoms with E-state index in [2.05, 4.69) is 41.8 Å². The van der Waals surface area contributed by atoms with Crippen LogP contribution in [0.15, 0.2) is 48.5 Å². The van der Waals surface area contributed by atoms with E-state index in [1.807, 2.05) is 0 Å². The Kier molecular flexibility index (Phi) is 8.13. The number of nitrogens with one attached hydrogen (secondary N) is 2. The van der Waals surface area contributed by atoms with Crippen LogP contribution in [-0.4, -0.2) is 61.5 Å². The van der Waals surface area contributed by atoms with Gasteiger partial charge in [0.25, 0.3) is 5.91 Å². The third kappa shape index (κ3) is 6.88. The van der Waals surface area contributed by atoms with Gasteiger partial charge in [-0.3, -0.25) is 14.4 Å². The van der Waals surface area contributed by atoms with Crippen molar-refractivity contribution in [1.82, 2.24) is 15.5 Å². The van der Waals surface area contributed by atoms with Crippen LogP contribution in [0, 0.1) is 18.7 Å². The molecular weight excluding hydrogens is 449 g/mol. The van der Waals surface area contributed by atoms with Gasteiger partial charge in [0.15, 0.2) is 0 Å². The first-order chi connectivity index (χ1) is 16.9. The largest absolute Gasteiger partial charge is 0.378 e. The van der Waals surface area contributed by atoms with E-state index in [1.54, 1.807) is 4.90 Å². The van der Waals surface area contributed by atoms with Crippen LogP contribution in [0.5, 0.6) is 0 Å². The average molecular weight is 482 g/mol. The van der Waals surface area contributed by atoms with Crippen LogP contribution >= 0.6 is 0 Å². The maximum Gasteiger partial charge on any atom is 0.251 e. The Labute approximate surface area is 205 Å². The predicted molar refractivity (Wildman–Crippen MR) is 129 cm³/mol. The molecule has 8 heteroatoms. The second-order valence-corrected chi connectivity index (χ2v) is 9.33. The van der Waals surface area contributed by atoms with Crippen molar-refractivity contribution in [3.63, 3.8) is 0 Å². The number of hydrogen-bond acceptors (Lipinski definition) is 4. The highest BCUT2D eigenvalue weighted by Gasteiger charge is 2.38. The highest BCUT2D eigenvalue weighted by molar-refractivity contribution is 5.97. The summed E-state index contributed by atoms with van der Waals surface area (Å²) in [6, 6.07) is 12.7. The van der Waals surface area contributed by atoms with Crippen LogP contribution < -0.4 is 10.6 Å². The highest BCUT2D eigenvalue weighted by atomic mass is 19.1. The second kappa shape index (κ2) is 11.4. The SMILES string of the molecule is Cc1ccc([C@@H]2C[C@H]2CCC(=O)NC[C@H](NC(=O)c2ccc(F)cc2)C(=O)N2CCOCC2)cc1. The van der Waals surface area contributed by atoms with Gasteiger partial charge in [0.05, 0.1) is 13.2 Å². The van der Waals surface area contributed by atoms with Gasteiger partial charge in [0.2, 0.25) is 11.8 Å². The van der Waals surface area contributed by atoms with Gasteiger partial charge in [0, 0.05) is 31.6 Å². The fraction of sp³-hybridized carbons (Fsp3) is 0.444. The summed E-state index contributed by atoms with van der Waals surface area (Å²) in [5.74, 6) is -0.359. The standard InChI is InChI=1S/C27H32FN3O4/c1-18-2-4-19(5-3-18)23-16-21(23)8-11-25(32)29-17-24(27(34)31-12-14-35-15-13-31)30-26(33)20-6-9-22(28)10-7-20/h2-7,9-10,21,23-24H,8,11-17H2,1H3,(H,29,32)(H,30,33)/t21-,23+,24+/m1/s1. The maximum absolute atomic E-state index is 13.2. The van der Waals surface area contributed by atoms with E-state index in [1.165, 1.54) is 35.4 Å². The smallest absolute Gasteiger partial charge is 0.251 e. The molecule has 1 heterocycles. The normalized spacial score (nSPS) is 20.1. The summed E-state index contributed by atoms with van der Waals surface area (Å²) in [4.78, 5) is 39.9. The zero-order chi connectivity index (χ0) is 24.8. The molecule has 1 saturated heterocycles. The van der Waals surface area contributed by atoms with Crippen molar-refractivity contribution in [1.29, 1.82) is 0 Å². The number of amides is 3. The van der Waals surface area contributed by atoms with Gasteiger partial charge < -0.3 is 20.3 Å². The zero-order valence-corrected chi connectivity index (χ0v) is 20.0. The van der Waals surface area contributed by atoms with Crippen molar-refractivity contribution in [2.24, 2.45) is 5.92 Å². The molecule has 4 rings (SSSR count).